The maximum absolute atomic E-state index is 13.5. The minimum atomic E-state index is -0.803. The lowest BCUT2D eigenvalue weighted by atomic mass is 9.91. The summed E-state index contributed by atoms with van der Waals surface area (Å²) in [5, 5.41) is 20.6. The van der Waals surface area contributed by atoms with Crippen LogP contribution in [-0.2, 0) is 22.6 Å². The molecule has 0 spiro atoms. The highest BCUT2D eigenvalue weighted by atomic mass is 16.3. The average molecular weight is 429 g/mol. The highest BCUT2D eigenvalue weighted by molar-refractivity contribution is 6.09. The fourth-order valence-corrected chi connectivity index (χ4v) is 4.52. The van der Waals surface area contributed by atoms with Crippen molar-refractivity contribution < 1.29 is 14.7 Å². The van der Waals surface area contributed by atoms with Gasteiger partial charge in [-0.2, -0.15) is 0 Å². The van der Waals surface area contributed by atoms with Crippen LogP contribution in [0.2, 0.25) is 0 Å². The summed E-state index contributed by atoms with van der Waals surface area (Å²) < 4.78 is 1.59. The number of nitrogens with zero attached hydrogens (tertiary/aromatic N) is 5. The maximum atomic E-state index is 13.5. The molecule has 162 valence electrons. The molecule has 0 radical (unpaired) electrons. The van der Waals surface area contributed by atoms with E-state index in [0.29, 0.717) is 6.42 Å². The van der Waals surface area contributed by atoms with Crippen molar-refractivity contribution in [2.45, 2.75) is 31.2 Å². The third-order valence-electron chi connectivity index (χ3n) is 6.06. The van der Waals surface area contributed by atoms with Crippen molar-refractivity contribution in [3.63, 3.8) is 0 Å². The zero-order chi connectivity index (χ0) is 22.1. The lowest BCUT2D eigenvalue weighted by molar-refractivity contribution is -0.139. The Kier molecular flexibility index (Phi) is 5.28. The predicted octanol–water partition coefficient (Wildman–Crippen LogP) is 1.31. The Morgan fingerprint density at radius 2 is 1.47 bits per heavy atom. The molecule has 0 bridgehead atoms. The fraction of sp³-hybridized carbons (Fsp3) is 0.250. The Morgan fingerprint density at radius 3 is 2.12 bits per heavy atom. The summed E-state index contributed by atoms with van der Waals surface area (Å²) in [6.45, 7) is 0.215. The molecule has 4 unspecified atom stereocenters. The average Bonchev–Trinajstić information content (AvgIpc) is 3.43. The van der Waals surface area contributed by atoms with Crippen molar-refractivity contribution in [3.8, 4) is 0 Å². The van der Waals surface area contributed by atoms with Crippen LogP contribution in [0.5, 0.6) is 0 Å². The number of aromatic nitrogens is 3. The molecular formula is C24H23N5O3. The minimum absolute atomic E-state index is 0.215. The van der Waals surface area contributed by atoms with E-state index in [-0.39, 0.29) is 18.4 Å². The van der Waals surface area contributed by atoms with Crippen molar-refractivity contribution in [3.05, 3.63) is 96.6 Å². The summed E-state index contributed by atoms with van der Waals surface area (Å²) in [6, 6.07) is 17.8. The number of carbonyl (C=O) groups is 2. The maximum Gasteiger partial charge on any atom is 0.255 e. The van der Waals surface area contributed by atoms with Crippen molar-refractivity contribution in [1.29, 1.82) is 0 Å². The first kappa shape index (κ1) is 20.1. The van der Waals surface area contributed by atoms with Crippen LogP contribution in [0.15, 0.2) is 85.5 Å². The summed E-state index contributed by atoms with van der Waals surface area (Å²) in [7, 11) is 0. The molecule has 0 aliphatic carbocycles. The lowest BCUT2D eigenvalue weighted by Gasteiger charge is -2.41. The molecule has 8 heteroatoms. The third kappa shape index (κ3) is 3.58. The van der Waals surface area contributed by atoms with Crippen molar-refractivity contribution in [2.75, 3.05) is 5.01 Å². The summed E-state index contributed by atoms with van der Waals surface area (Å²) in [4.78, 5) is 27.9. The number of imide groups is 1. The van der Waals surface area contributed by atoms with Crippen LogP contribution in [0.25, 0.3) is 0 Å². The molecule has 2 aliphatic rings. The first-order chi connectivity index (χ1) is 15.6. The highest BCUT2D eigenvalue weighted by Crippen LogP contribution is 2.33. The molecule has 2 aliphatic heterocycles. The molecule has 2 aromatic carbocycles. The van der Waals surface area contributed by atoms with Crippen LogP contribution < -0.4 is 5.01 Å². The standard InChI is InChI=1S/C24H23N5O3/c30-21(13-17-7-3-1-4-8-17)20-12-11-19-22(29(20)27-15-25-26-16-27)24(32)28(23(19)31)14-18-9-5-2-6-10-18/h1-12,15-16,19-22,30H,13-14H2. The molecule has 0 saturated carbocycles. The number of aliphatic hydroxyl groups is 1. The van der Waals surface area contributed by atoms with Gasteiger partial charge < -0.3 is 5.11 Å². The number of fused-ring (bicyclic) bond motifs is 1. The van der Waals surface area contributed by atoms with E-state index in [1.54, 1.807) is 15.8 Å². The zero-order valence-electron chi connectivity index (χ0n) is 17.3. The van der Waals surface area contributed by atoms with E-state index < -0.39 is 24.1 Å². The van der Waals surface area contributed by atoms with Crippen molar-refractivity contribution in [1.82, 2.24) is 19.8 Å². The Balaban J connectivity index is 1.46. The van der Waals surface area contributed by atoms with E-state index in [9.17, 15) is 14.7 Å². The molecular weight excluding hydrogens is 406 g/mol. The molecule has 2 amide bonds. The highest BCUT2D eigenvalue weighted by Gasteiger charge is 2.53. The van der Waals surface area contributed by atoms with Gasteiger partial charge in [-0.3, -0.25) is 19.5 Å². The largest absolute Gasteiger partial charge is 0.390 e. The molecule has 8 nitrogen and oxygen atoms in total. The topological polar surface area (TPSA) is 91.6 Å². The Hall–Kier alpha value is -3.78. The van der Waals surface area contributed by atoms with E-state index in [4.69, 9.17) is 0 Å². The second-order valence-electron chi connectivity index (χ2n) is 8.07. The van der Waals surface area contributed by atoms with E-state index in [0.717, 1.165) is 11.1 Å². The quantitative estimate of drug-likeness (QED) is 0.469. The molecule has 32 heavy (non-hydrogen) atoms. The second kappa shape index (κ2) is 8.39. The first-order valence-electron chi connectivity index (χ1n) is 10.6. The number of carbonyl (C=O) groups excluding carboxylic acids is 2. The predicted molar refractivity (Wildman–Crippen MR) is 117 cm³/mol. The number of aliphatic hydroxyl groups excluding tert-OH is 1. The van der Waals surface area contributed by atoms with Crippen LogP contribution in [0.4, 0.5) is 0 Å². The number of hydrogen-bond donors (Lipinski definition) is 1. The molecule has 1 fully saturated rings. The molecule has 3 aromatic rings. The Bertz CT molecular complexity index is 1120. The van der Waals surface area contributed by atoms with Gasteiger partial charge in [0.1, 0.15) is 18.7 Å². The van der Waals surface area contributed by atoms with Crippen molar-refractivity contribution in [2.24, 2.45) is 5.92 Å². The first-order valence-corrected chi connectivity index (χ1v) is 10.6. The number of benzene rings is 2. The molecule has 3 heterocycles. The smallest absolute Gasteiger partial charge is 0.255 e. The minimum Gasteiger partial charge on any atom is -0.390 e. The van der Waals surface area contributed by atoms with Gasteiger partial charge in [0.05, 0.1) is 24.6 Å². The Labute approximate surface area is 185 Å². The number of amides is 2. The molecule has 1 aromatic heterocycles. The van der Waals surface area contributed by atoms with Crippen LogP contribution in [0.3, 0.4) is 0 Å². The lowest BCUT2D eigenvalue weighted by Crippen LogP contribution is -2.60. The molecule has 4 atom stereocenters. The van der Waals surface area contributed by atoms with Gasteiger partial charge in [-0.15, -0.1) is 10.2 Å². The summed E-state index contributed by atoms with van der Waals surface area (Å²) >= 11 is 0. The summed E-state index contributed by atoms with van der Waals surface area (Å²) in [5.74, 6) is -1.17. The van der Waals surface area contributed by atoms with Gasteiger partial charge in [-0.05, 0) is 11.1 Å². The van der Waals surface area contributed by atoms with Crippen LogP contribution in [0.1, 0.15) is 11.1 Å². The molecule has 1 saturated heterocycles. The fourth-order valence-electron chi connectivity index (χ4n) is 4.52. The number of rotatable bonds is 6. The van der Waals surface area contributed by atoms with Gasteiger partial charge in [0.2, 0.25) is 5.91 Å². The van der Waals surface area contributed by atoms with E-state index in [1.165, 1.54) is 17.6 Å². The van der Waals surface area contributed by atoms with E-state index >= 15 is 0 Å². The van der Waals surface area contributed by atoms with Crippen LogP contribution in [-0.4, -0.2) is 54.9 Å². The van der Waals surface area contributed by atoms with Gasteiger partial charge in [0.25, 0.3) is 5.91 Å². The Morgan fingerprint density at radius 1 is 0.844 bits per heavy atom. The summed E-state index contributed by atoms with van der Waals surface area (Å²) in [5.41, 5.74) is 1.87. The second-order valence-corrected chi connectivity index (χ2v) is 8.07. The van der Waals surface area contributed by atoms with Crippen molar-refractivity contribution >= 4 is 11.8 Å². The normalized spacial score (nSPS) is 23.5. The van der Waals surface area contributed by atoms with Gasteiger partial charge in [-0.25, -0.2) is 4.68 Å². The number of likely N-dealkylation sites (tertiary alicyclic amines) is 1. The summed E-state index contributed by atoms with van der Waals surface area (Å²) in [6.07, 6.45) is 6.14. The SMILES string of the molecule is O=C1C2C=CC(C(O)Cc3ccccc3)N(n3cnnc3)C2C(=O)N1Cc1ccccc1. The van der Waals surface area contributed by atoms with Crippen LogP contribution in [0, 0.1) is 5.92 Å². The van der Waals surface area contributed by atoms with Gasteiger partial charge >= 0.3 is 0 Å². The van der Waals surface area contributed by atoms with Crippen LogP contribution >= 0.6 is 0 Å². The van der Waals surface area contributed by atoms with E-state index in [1.807, 2.05) is 66.7 Å². The monoisotopic (exact) mass is 429 g/mol. The van der Waals surface area contributed by atoms with Gasteiger partial charge in [-0.1, -0.05) is 72.8 Å². The molecule has 5 rings (SSSR count). The third-order valence-corrected chi connectivity index (χ3v) is 6.06. The van der Waals surface area contributed by atoms with Gasteiger partial charge in [0.15, 0.2) is 0 Å². The number of hydrogen-bond acceptors (Lipinski definition) is 6. The zero-order valence-corrected chi connectivity index (χ0v) is 17.3. The van der Waals surface area contributed by atoms with Gasteiger partial charge in [0, 0.05) is 6.42 Å². The molecule has 1 N–H and O–H groups in total. The van der Waals surface area contributed by atoms with E-state index in [2.05, 4.69) is 10.2 Å².